The van der Waals surface area contributed by atoms with E-state index in [1.165, 1.54) is 0 Å². The van der Waals surface area contributed by atoms with Gasteiger partial charge in [0.2, 0.25) is 0 Å². The Morgan fingerprint density at radius 1 is 0.250 bits per heavy atom. The summed E-state index contributed by atoms with van der Waals surface area (Å²) >= 11 is 0. The molecule has 6 radical (unpaired) electrons. The smallest absolute Gasteiger partial charge is 1.00 e. The third-order valence-corrected chi connectivity index (χ3v) is 0. The third-order valence-electron chi connectivity index (χ3n) is 0. The maximum atomic E-state index is 0. The van der Waals surface area contributed by atoms with Gasteiger partial charge in [-0.1, -0.05) is 0 Å². The minimum absolute atomic E-state index is 0. The number of rotatable bonds is 0. The van der Waals surface area contributed by atoms with E-state index >= 15 is 0 Å². The molecule has 0 heterocycles. The van der Waals surface area contributed by atoms with E-state index in [1.54, 1.807) is 0 Å². The molecular formula is C6H18Br3Sb3. The van der Waals surface area contributed by atoms with E-state index in [0.29, 0.717) is 0 Å². The molecule has 78 valence electrons. The van der Waals surface area contributed by atoms with E-state index in [1.807, 2.05) is 0 Å². The Kier molecular flexibility index (Phi) is 3670. The predicted octanol–water partition coefficient (Wildman–Crippen LogP) is -7.43. The summed E-state index contributed by atoms with van der Waals surface area (Å²) in [6, 6.07) is 0. The SMILES string of the molecule is [Br-].[Br-].[Br-].[CH3-].[CH3-].[CH3-].[CH3-].[CH3-].[CH3-].[Sb+3].[Sb+3].[Sb+3]. The standard InChI is InChI=1S/6CH3.3BrH.3Sb/h6*1H3;3*1H;;;/q6*-1;;;;3*+3/p-3. The first-order valence-corrected chi connectivity index (χ1v) is 0. The quantitative estimate of drug-likeness (QED) is 0.175. The van der Waals surface area contributed by atoms with Crippen LogP contribution in [0.2, 0.25) is 0 Å². The number of hydrogen-bond donors (Lipinski definition) is 0. The fourth-order valence-corrected chi connectivity index (χ4v) is 0. The molecule has 0 saturated heterocycles. The van der Waals surface area contributed by atoms with Gasteiger partial charge in [-0.2, -0.15) is 0 Å². The summed E-state index contributed by atoms with van der Waals surface area (Å²) in [4.78, 5) is 0. The Balaban J connectivity index is 0. The zero-order valence-electron chi connectivity index (χ0n) is 8.48. The summed E-state index contributed by atoms with van der Waals surface area (Å²) < 4.78 is 0. The van der Waals surface area contributed by atoms with Crippen LogP contribution < -0.4 is 50.9 Å². The molecule has 0 rings (SSSR count). The van der Waals surface area contributed by atoms with Gasteiger partial charge in [-0.25, -0.2) is 0 Å². The normalized spacial score (nSPS) is 0. The largest absolute Gasteiger partial charge is 3.00 e. The van der Waals surface area contributed by atoms with Crippen molar-refractivity contribution in [1.82, 2.24) is 0 Å². The van der Waals surface area contributed by atoms with Gasteiger partial charge in [0.1, 0.15) is 0 Å². The van der Waals surface area contributed by atoms with Crippen LogP contribution in [0.25, 0.3) is 0 Å². The average Bonchev–Trinajstić information content (AvgIpc) is 0. The summed E-state index contributed by atoms with van der Waals surface area (Å²) in [5.41, 5.74) is 0. The van der Waals surface area contributed by atoms with Crippen molar-refractivity contribution in [3.8, 4) is 0 Å². The van der Waals surface area contributed by atoms with Crippen molar-refractivity contribution in [3.63, 3.8) is 0 Å². The second kappa shape index (κ2) is 190. The van der Waals surface area contributed by atoms with Crippen LogP contribution in [-0.4, -0.2) is 73.3 Å². The van der Waals surface area contributed by atoms with Crippen molar-refractivity contribution < 1.29 is 50.9 Å². The second-order valence-corrected chi connectivity index (χ2v) is 0. The molecule has 0 bridgehead atoms. The average molecular weight is 695 g/mol. The van der Waals surface area contributed by atoms with Gasteiger partial charge >= 0.3 is 73.3 Å². The van der Waals surface area contributed by atoms with Crippen molar-refractivity contribution in [2.75, 3.05) is 0 Å². The Bertz CT molecular complexity index is 18.0. The molecule has 0 saturated carbocycles. The molecule has 12 heavy (non-hydrogen) atoms. The molecule has 0 aliphatic heterocycles. The van der Waals surface area contributed by atoms with Crippen molar-refractivity contribution in [1.29, 1.82) is 0 Å². The molecule has 0 aliphatic rings. The van der Waals surface area contributed by atoms with Gasteiger partial charge in [-0.3, -0.25) is 0 Å². The van der Waals surface area contributed by atoms with Crippen molar-refractivity contribution >= 4 is 73.3 Å². The van der Waals surface area contributed by atoms with Gasteiger partial charge in [0.15, 0.2) is 0 Å². The molecule has 0 unspecified atom stereocenters. The molecule has 6 heteroatoms. The van der Waals surface area contributed by atoms with Gasteiger partial charge in [0, 0.05) is 0 Å². The molecule has 0 aliphatic carbocycles. The van der Waals surface area contributed by atoms with Crippen LogP contribution in [0.4, 0.5) is 0 Å². The maximum Gasteiger partial charge on any atom is 3.00 e. The van der Waals surface area contributed by atoms with Gasteiger partial charge in [-0.05, 0) is 0 Å². The minimum atomic E-state index is 0. The Morgan fingerprint density at radius 3 is 0.250 bits per heavy atom. The number of halogens is 3. The Labute approximate surface area is 166 Å². The number of hydrogen-bond acceptors (Lipinski definition) is 0. The molecule has 0 N–H and O–H groups in total. The third kappa shape index (κ3) is 152. The van der Waals surface area contributed by atoms with Gasteiger partial charge in [0.05, 0.1) is 0 Å². The zero-order valence-corrected chi connectivity index (χ0v) is 20.9. The molecule has 0 amide bonds. The minimum Gasteiger partial charge on any atom is -1.00 e. The second-order valence-electron chi connectivity index (χ2n) is 0. The monoisotopic (exact) mass is 690 g/mol. The first kappa shape index (κ1) is 232. The van der Waals surface area contributed by atoms with E-state index in [4.69, 9.17) is 0 Å². The van der Waals surface area contributed by atoms with Gasteiger partial charge in [0.25, 0.3) is 0 Å². The molecule has 0 spiro atoms. The predicted molar refractivity (Wildman–Crippen MR) is 55.7 cm³/mol. The Hall–Kier alpha value is 3.89. The van der Waals surface area contributed by atoms with E-state index in [2.05, 4.69) is 0 Å². The van der Waals surface area contributed by atoms with Crippen LogP contribution in [-0.2, 0) is 0 Å². The van der Waals surface area contributed by atoms with Crippen molar-refractivity contribution in [3.05, 3.63) is 44.6 Å². The molecule has 0 fully saturated rings. The fourth-order valence-electron chi connectivity index (χ4n) is 0. The van der Waals surface area contributed by atoms with Crippen molar-refractivity contribution in [2.45, 2.75) is 0 Å². The summed E-state index contributed by atoms with van der Waals surface area (Å²) in [5.74, 6) is 0. The summed E-state index contributed by atoms with van der Waals surface area (Å²) in [5, 5.41) is 0. The van der Waals surface area contributed by atoms with Crippen LogP contribution in [0.15, 0.2) is 0 Å². The van der Waals surface area contributed by atoms with Crippen LogP contribution in [0.3, 0.4) is 0 Å². The van der Waals surface area contributed by atoms with Crippen LogP contribution in [0.1, 0.15) is 0 Å². The summed E-state index contributed by atoms with van der Waals surface area (Å²) in [6.07, 6.45) is 0. The molecular weight excluding hydrogens is 677 g/mol. The maximum absolute atomic E-state index is 0. The van der Waals surface area contributed by atoms with Gasteiger partial charge < -0.3 is 95.5 Å². The molecule has 0 aromatic carbocycles. The van der Waals surface area contributed by atoms with Crippen LogP contribution in [0, 0.1) is 44.6 Å². The first-order valence-electron chi connectivity index (χ1n) is 0. The van der Waals surface area contributed by atoms with Gasteiger partial charge in [-0.15, -0.1) is 0 Å². The van der Waals surface area contributed by atoms with Crippen molar-refractivity contribution in [2.24, 2.45) is 0 Å². The summed E-state index contributed by atoms with van der Waals surface area (Å²) in [6.45, 7) is 0. The van der Waals surface area contributed by atoms with E-state index in [-0.39, 0.29) is 169 Å². The fraction of sp³-hybridized carbons (Fsp3) is 0. The van der Waals surface area contributed by atoms with Crippen LogP contribution >= 0.6 is 0 Å². The van der Waals surface area contributed by atoms with E-state index in [0.717, 1.165) is 0 Å². The molecule has 0 atom stereocenters. The first-order chi connectivity index (χ1) is 0. The van der Waals surface area contributed by atoms with Crippen LogP contribution in [0.5, 0.6) is 0 Å². The Morgan fingerprint density at radius 2 is 0.250 bits per heavy atom. The molecule has 0 nitrogen and oxygen atoms in total. The zero-order chi connectivity index (χ0) is 0. The topological polar surface area (TPSA) is 0 Å². The summed E-state index contributed by atoms with van der Waals surface area (Å²) in [7, 11) is 0. The molecule has 0 aromatic heterocycles. The van der Waals surface area contributed by atoms with E-state index < -0.39 is 0 Å². The molecule has 0 aromatic rings. The van der Waals surface area contributed by atoms with E-state index in [9.17, 15) is 0 Å².